The highest BCUT2D eigenvalue weighted by atomic mass is 16.4. The largest absolute Gasteiger partial charge is 0.478 e. The Bertz CT molecular complexity index is 796. The Morgan fingerprint density at radius 2 is 2.05 bits per heavy atom. The van der Waals surface area contributed by atoms with Crippen molar-refractivity contribution in [2.75, 3.05) is 0 Å². The van der Waals surface area contributed by atoms with Crippen LogP contribution >= 0.6 is 0 Å². The first-order valence-electron chi connectivity index (χ1n) is 6.33. The van der Waals surface area contributed by atoms with Crippen LogP contribution in [0.2, 0.25) is 0 Å². The molecule has 0 radical (unpaired) electrons. The van der Waals surface area contributed by atoms with Crippen molar-refractivity contribution in [1.29, 1.82) is 0 Å². The zero-order valence-corrected chi connectivity index (χ0v) is 11.3. The van der Waals surface area contributed by atoms with Crippen LogP contribution in [0, 0.1) is 6.92 Å². The van der Waals surface area contributed by atoms with E-state index < -0.39 is 5.97 Å². The summed E-state index contributed by atoms with van der Waals surface area (Å²) < 4.78 is 1.81. The molecule has 6 nitrogen and oxygen atoms in total. The number of hydrogen-bond acceptors (Lipinski definition) is 4. The summed E-state index contributed by atoms with van der Waals surface area (Å²) in [5, 5.41) is 17.4. The van der Waals surface area contributed by atoms with Gasteiger partial charge in [-0.1, -0.05) is 6.07 Å². The van der Waals surface area contributed by atoms with Gasteiger partial charge in [0.2, 0.25) is 0 Å². The molecule has 1 aromatic carbocycles. The van der Waals surface area contributed by atoms with E-state index in [-0.39, 0.29) is 5.56 Å². The van der Waals surface area contributed by atoms with E-state index in [2.05, 4.69) is 15.2 Å². The molecule has 0 atom stereocenters. The van der Waals surface area contributed by atoms with Crippen molar-refractivity contribution >= 4 is 5.97 Å². The first kappa shape index (κ1) is 13.0. The van der Waals surface area contributed by atoms with Crippen molar-refractivity contribution in [3.05, 3.63) is 60.2 Å². The van der Waals surface area contributed by atoms with Crippen LogP contribution in [0.15, 0.2) is 48.8 Å². The number of carbonyl (C=O) groups is 1. The van der Waals surface area contributed by atoms with E-state index in [4.69, 9.17) is 5.11 Å². The van der Waals surface area contributed by atoms with Crippen LogP contribution in [-0.2, 0) is 0 Å². The maximum Gasteiger partial charge on any atom is 0.335 e. The Labute approximate surface area is 120 Å². The quantitative estimate of drug-likeness (QED) is 0.796. The van der Waals surface area contributed by atoms with Crippen molar-refractivity contribution in [3.63, 3.8) is 0 Å². The molecule has 0 unspecified atom stereocenters. The lowest BCUT2D eigenvalue weighted by atomic mass is 10.2. The molecule has 0 fully saturated rings. The molecule has 2 heterocycles. The predicted octanol–water partition coefficient (Wildman–Crippen LogP) is 2.34. The number of hydrogen-bond donors (Lipinski definition) is 1. The van der Waals surface area contributed by atoms with Crippen molar-refractivity contribution in [2.45, 2.75) is 6.92 Å². The van der Waals surface area contributed by atoms with Gasteiger partial charge in [-0.25, -0.2) is 4.79 Å². The Hall–Kier alpha value is -3.02. The number of rotatable bonds is 3. The lowest BCUT2D eigenvalue weighted by molar-refractivity contribution is 0.0697. The Morgan fingerprint density at radius 1 is 1.19 bits per heavy atom. The van der Waals surface area contributed by atoms with E-state index in [1.54, 1.807) is 30.6 Å². The predicted molar refractivity (Wildman–Crippen MR) is 76.3 cm³/mol. The third-order valence-electron chi connectivity index (χ3n) is 3.10. The summed E-state index contributed by atoms with van der Waals surface area (Å²) in [5.74, 6) is 0.338. The summed E-state index contributed by atoms with van der Waals surface area (Å²) in [4.78, 5) is 15.2. The van der Waals surface area contributed by atoms with Crippen LogP contribution in [0.3, 0.4) is 0 Å². The van der Waals surface area contributed by atoms with E-state index in [0.29, 0.717) is 17.3 Å². The molecule has 0 saturated carbocycles. The van der Waals surface area contributed by atoms with Crippen molar-refractivity contribution in [3.8, 4) is 17.1 Å². The van der Waals surface area contributed by atoms with Gasteiger partial charge in [0.15, 0.2) is 5.82 Å². The van der Waals surface area contributed by atoms with Crippen LogP contribution in [0.5, 0.6) is 0 Å². The molecule has 0 saturated heterocycles. The third kappa shape index (κ3) is 2.38. The monoisotopic (exact) mass is 280 g/mol. The molecule has 0 spiro atoms. The highest BCUT2D eigenvalue weighted by molar-refractivity contribution is 5.88. The summed E-state index contributed by atoms with van der Waals surface area (Å²) in [6, 6.07) is 10.4. The fourth-order valence-electron chi connectivity index (χ4n) is 2.13. The van der Waals surface area contributed by atoms with Gasteiger partial charge in [0.05, 0.1) is 5.56 Å². The first-order chi connectivity index (χ1) is 10.2. The number of aryl methyl sites for hydroxylation is 1. The number of aromatic carboxylic acids is 1. The van der Waals surface area contributed by atoms with Crippen molar-refractivity contribution < 1.29 is 9.90 Å². The van der Waals surface area contributed by atoms with Gasteiger partial charge >= 0.3 is 5.97 Å². The minimum absolute atomic E-state index is 0.220. The Morgan fingerprint density at radius 3 is 2.76 bits per heavy atom. The molecule has 6 heteroatoms. The van der Waals surface area contributed by atoms with Gasteiger partial charge in [-0.3, -0.25) is 9.55 Å². The molecule has 3 rings (SSSR count). The maximum absolute atomic E-state index is 11.1. The van der Waals surface area contributed by atoms with Gasteiger partial charge in [0, 0.05) is 23.6 Å². The second kappa shape index (κ2) is 5.16. The van der Waals surface area contributed by atoms with Gasteiger partial charge in [-0.15, -0.1) is 10.2 Å². The summed E-state index contributed by atoms with van der Waals surface area (Å²) in [6.07, 6.45) is 3.38. The van der Waals surface area contributed by atoms with Crippen LogP contribution in [0.4, 0.5) is 0 Å². The van der Waals surface area contributed by atoms with E-state index in [1.165, 1.54) is 0 Å². The van der Waals surface area contributed by atoms with E-state index >= 15 is 0 Å². The minimum atomic E-state index is -0.967. The lowest BCUT2D eigenvalue weighted by Gasteiger charge is -2.09. The fraction of sp³-hybridized carbons (Fsp3) is 0.0667. The van der Waals surface area contributed by atoms with E-state index in [9.17, 15) is 4.79 Å². The second-order valence-corrected chi connectivity index (χ2v) is 4.50. The summed E-state index contributed by atoms with van der Waals surface area (Å²) in [5.41, 5.74) is 1.74. The van der Waals surface area contributed by atoms with Crippen LogP contribution in [0.1, 0.15) is 16.2 Å². The smallest absolute Gasteiger partial charge is 0.335 e. The molecule has 2 aromatic heterocycles. The molecule has 104 valence electrons. The summed E-state index contributed by atoms with van der Waals surface area (Å²) >= 11 is 0. The number of nitrogens with zero attached hydrogens (tertiary/aromatic N) is 4. The molecular formula is C15H12N4O2. The average molecular weight is 280 g/mol. The SMILES string of the molecule is Cc1nnc(-c2cccnc2)n1-c1cccc(C(=O)O)c1. The van der Waals surface area contributed by atoms with Gasteiger partial charge in [-0.2, -0.15) is 0 Å². The molecule has 1 N–H and O–H groups in total. The summed E-state index contributed by atoms with van der Waals surface area (Å²) in [6.45, 7) is 1.82. The maximum atomic E-state index is 11.1. The van der Waals surface area contributed by atoms with Crippen LogP contribution < -0.4 is 0 Å². The second-order valence-electron chi connectivity index (χ2n) is 4.50. The summed E-state index contributed by atoms with van der Waals surface area (Å²) in [7, 11) is 0. The van der Waals surface area contributed by atoms with Gasteiger partial charge in [0.25, 0.3) is 0 Å². The van der Waals surface area contributed by atoms with Crippen molar-refractivity contribution in [2.24, 2.45) is 0 Å². The molecule has 0 aliphatic rings. The normalized spacial score (nSPS) is 10.5. The third-order valence-corrected chi connectivity index (χ3v) is 3.10. The standard InChI is InChI=1S/C15H12N4O2/c1-10-17-18-14(12-5-3-7-16-9-12)19(10)13-6-2-4-11(8-13)15(20)21/h2-9H,1H3,(H,20,21). The number of carboxylic acid groups (broad SMARTS) is 1. The number of pyridine rings is 1. The zero-order valence-electron chi connectivity index (χ0n) is 11.3. The first-order valence-corrected chi connectivity index (χ1v) is 6.33. The molecule has 0 amide bonds. The average Bonchev–Trinajstić information content (AvgIpc) is 2.90. The lowest BCUT2D eigenvalue weighted by Crippen LogP contribution is -2.03. The number of carboxylic acids is 1. The highest BCUT2D eigenvalue weighted by Gasteiger charge is 2.14. The Balaban J connectivity index is 2.17. The number of benzene rings is 1. The van der Waals surface area contributed by atoms with Gasteiger partial charge in [-0.05, 0) is 37.3 Å². The molecule has 0 bridgehead atoms. The topological polar surface area (TPSA) is 80.9 Å². The van der Waals surface area contributed by atoms with Crippen LogP contribution in [-0.4, -0.2) is 30.8 Å². The molecule has 3 aromatic rings. The Kier molecular flexibility index (Phi) is 3.19. The molecule has 21 heavy (non-hydrogen) atoms. The van der Waals surface area contributed by atoms with E-state index in [1.807, 2.05) is 29.7 Å². The molecule has 0 aliphatic heterocycles. The van der Waals surface area contributed by atoms with Crippen LogP contribution in [0.25, 0.3) is 17.1 Å². The highest BCUT2D eigenvalue weighted by Crippen LogP contribution is 2.22. The molecular weight excluding hydrogens is 268 g/mol. The zero-order chi connectivity index (χ0) is 14.8. The van der Waals surface area contributed by atoms with Gasteiger partial charge < -0.3 is 5.11 Å². The molecule has 0 aliphatic carbocycles. The van der Waals surface area contributed by atoms with Gasteiger partial charge in [0.1, 0.15) is 5.82 Å². The van der Waals surface area contributed by atoms with E-state index in [0.717, 1.165) is 5.56 Å². The number of aromatic nitrogens is 4. The fourth-order valence-corrected chi connectivity index (χ4v) is 2.13. The van der Waals surface area contributed by atoms with Crippen molar-refractivity contribution in [1.82, 2.24) is 19.7 Å². The minimum Gasteiger partial charge on any atom is -0.478 e.